The van der Waals surface area contributed by atoms with Gasteiger partial charge in [0.1, 0.15) is 5.75 Å². The molecule has 98 valence electrons. The van der Waals surface area contributed by atoms with Gasteiger partial charge in [0.15, 0.2) is 0 Å². The van der Waals surface area contributed by atoms with Gasteiger partial charge in [-0.05, 0) is 36.7 Å². The standard InChI is InChI=1S/C14H18ClNO2/c1-16-4-3-14(17,9-16)8-11-7-12(15)6-10-2-5-18-13(10)11/h6-7,17H,2-5,8-9H2,1H3. The average molecular weight is 268 g/mol. The number of halogens is 1. The summed E-state index contributed by atoms with van der Waals surface area (Å²) >= 11 is 6.14. The highest BCUT2D eigenvalue weighted by molar-refractivity contribution is 6.30. The number of likely N-dealkylation sites (tertiary alicyclic amines) is 1. The summed E-state index contributed by atoms with van der Waals surface area (Å²) < 4.78 is 5.68. The molecule has 2 heterocycles. The minimum Gasteiger partial charge on any atom is -0.493 e. The Balaban J connectivity index is 1.89. The number of ether oxygens (including phenoxy) is 1. The molecule has 0 saturated carbocycles. The van der Waals surface area contributed by atoms with E-state index in [2.05, 4.69) is 4.90 Å². The molecule has 2 aliphatic rings. The van der Waals surface area contributed by atoms with Crippen LogP contribution in [-0.4, -0.2) is 42.4 Å². The molecule has 0 spiro atoms. The van der Waals surface area contributed by atoms with E-state index >= 15 is 0 Å². The van der Waals surface area contributed by atoms with Crippen LogP contribution in [0.25, 0.3) is 0 Å². The Morgan fingerprint density at radius 2 is 2.33 bits per heavy atom. The third kappa shape index (κ3) is 2.22. The van der Waals surface area contributed by atoms with Crippen molar-refractivity contribution in [2.24, 2.45) is 0 Å². The van der Waals surface area contributed by atoms with Gasteiger partial charge in [-0.1, -0.05) is 11.6 Å². The summed E-state index contributed by atoms with van der Waals surface area (Å²) in [5.74, 6) is 0.947. The van der Waals surface area contributed by atoms with Crippen LogP contribution in [0.3, 0.4) is 0 Å². The first-order valence-corrected chi connectivity index (χ1v) is 6.79. The first-order valence-electron chi connectivity index (χ1n) is 6.41. The highest BCUT2D eigenvalue weighted by Crippen LogP contribution is 2.36. The van der Waals surface area contributed by atoms with Crippen molar-refractivity contribution in [2.45, 2.75) is 24.9 Å². The SMILES string of the molecule is CN1CCC(O)(Cc2cc(Cl)cc3c2OCC3)C1. The van der Waals surface area contributed by atoms with E-state index in [4.69, 9.17) is 16.3 Å². The molecule has 0 aromatic heterocycles. The lowest BCUT2D eigenvalue weighted by molar-refractivity contribution is 0.0517. The summed E-state index contributed by atoms with van der Waals surface area (Å²) in [4.78, 5) is 2.16. The summed E-state index contributed by atoms with van der Waals surface area (Å²) in [7, 11) is 2.04. The summed E-state index contributed by atoms with van der Waals surface area (Å²) in [5, 5.41) is 11.3. The molecule has 0 radical (unpaired) electrons. The Kier molecular flexibility index (Phi) is 3.00. The number of hydrogen-bond acceptors (Lipinski definition) is 3. The van der Waals surface area contributed by atoms with Gasteiger partial charge in [-0.15, -0.1) is 0 Å². The maximum absolute atomic E-state index is 10.6. The lowest BCUT2D eigenvalue weighted by atomic mass is 9.92. The number of rotatable bonds is 2. The zero-order chi connectivity index (χ0) is 12.8. The fraction of sp³-hybridized carbons (Fsp3) is 0.571. The highest BCUT2D eigenvalue weighted by Gasteiger charge is 2.36. The van der Waals surface area contributed by atoms with Crippen molar-refractivity contribution in [2.75, 3.05) is 26.7 Å². The first-order chi connectivity index (χ1) is 8.56. The fourth-order valence-corrected chi connectivity index (χ4v) is 3.30. The summed E-state index contributed by atoms with van der Waals surface area (Å²) in [6, 6.07) is 3.90. The number of likely N-dealkylation sites (N-methyl/N-ethyl adjacent to an activating group) is 1. The van der Waals surface area contributed by atoms with E-state index in [9.17, 15) is 5.11 Å². The molecule has 0 aliphatic carbocycles. The maximum atomic E-state index is 10.6. The van der Waals surface area contributed by atoms with E-state index in [1.807, 2.05) is 19.2 Å². The fourth-order valence-electron chi connectivity index (χ4n) is 3.04. The van der Waals surface area contributed by atoms with Crippen LogP contribution in [0.2, 0.25) is 5.02 Å². The molecule has 0 amide bonds. The molecule has 1 N–H and O–H groups in total. The smallest absolute Gasteiger partial charge is 0.126 e. The lowest BCUT2D eigenvalue weighted by Crippen LogP contribution is -2.34. The molecular weight excluding hydrogens is 250 g/mol. The Morgan fingerprint density at radius 1 is 1.50 bits per heavy atom. The monoisotopic (exact) mass is 267 g/mol. The van der Waals surface area contributed by atoms with Gasteiger partial charge in [-0.2, -0.15) is 0 Å². The lowest BCUT2D eigenvalue weighted by Gasteiger charge is -2.23. The third-order valence-electron chi connectivity index (χ3n) is 3.87. The van der Waals surface area contributed by atoms with Gasteiger partial charge in [-0.25, -0.2) is 0 Å². The van der Waals surface area contributed by atoms with E-state index < -0.39 is 5.60 Å². The average Bonchev–Trinajstić information content (AvgIpc) is 2.85. The number of nitrogens with zero attached hydrogens (tertiary/aromatic N) is 1. The van der Waals surface area contributed by atoms with Gasteiger partial charge in [0, 0.05) is 31.0 Å². The molecule has 18 heavy (non-hydrogen) atoms. The van der Waals surface area contributed by atoms with Crippen LogP contribution in [0.15, 0.2) is 12.1 Å². The Morgan fingerprint density at radius 3 is 3.06 bits per heavy atom. The second-order valence-electron chi connectivity index (χ2n) is 5.54. The van der Waals surface area contributed by atoms with Crippen LogP contribution in [-0.2, 0) is 12.8 Å². The minimum absolute atomic E-state index is 0.625. The van der Waals surface area contributed by atoms with Crippen LogP contribution in [0.1, 0.15) is 17.5 Å². The highest BCUT2D eigenvalue weighted by atomic mass is 35.5. The molecule has 1 fully saturated rings. The number of fused-ring (bicyclic) bond motifs is 1. The van der Waals surface area contributed by atoms with E-state index in [1.165, 1.54) is 5.56 Å². The second kappa shape index (κ2) is 4.41. The molecule has 1 unspecified atom stereocenters. The van der Waals surface area contributed by atoms with E-state index in [0.29, 0.717) is 13.0 Å². The van der Waals surface area contributed by atoms with E-state index in [1.54, 1.807) is 0 Å². The van der Waals surface area contributed by atoms with Crippen LogP contribution < -0.4 is 4.74 Å². The molecule has 1 atom stereocenters. The van der Waals surface area contributed by atoms with Crippen molar-refractivity contribution in [3.05, 3.63) is 28.3 Å². The third-order valence-corrected chi connectivity index (χ3v) is 4.09. The van der Waals surface area contributed by atoms with Gasteiger partial charge in [0.25, 0.3) is 0 Å². The van der Waals surface area contributed by atoms with Crippen LogP contribution >= 0.6 is 11.6 Å². The quantitative estimate of drug-likeness (QED) is 0.888. The topological polar surface area (TPSA) is 32.7 Å². The predicted molar refractivity (Wildman–Crippen MR) is 71.4 cm³/mol. The predicted octanol–water partition coefficient (Wildman–Crippen LogP) is 1.88. The molecule has 3 rings (SSSR count). The van der Waals surface area contributed by atoms with Crippen molar-refractivity contribution in [1.82, 2.24) is 4.90 Å². The molecule has 0 bridgehead atoms. The van der Waals surface area contributed by atoms with Crippen molar-refractivity contribution in [3.8, 4) is 5.75 Å². The summed E-state index contributed by atoms with van der Waals surface area (Å²) in [6.45, 7) is 2.38. The van der Waals surface area contributed by atoms with Crippen LogP contribution in [0.5, 0.6) is 5.75 Å². The van der Waals surface area contributed by atoms with Crippen molar-refractivity contribution in [3.63, 3.8) is 0 Å². The molecule has 2 aliphatic heterocycles. The van der Waals surface area contributed by atoms with Gasteiger partial charge in [0.2, 0.25) is 0 Å². The van der Waals surface area contributed by atoms with Crippen molar-refractivity contribution >= 4 is 11.6 Å². The zero-order valence-electron chi connectivity index (χ0n) is 10.6. The van der Waals surface area contributed by atoms with Crippen molar-refractivity contribution < 1.29 is 9.84 Å². The Labute approximate surface area is 112 Å². The number of aliphatic hydroxyl groups is 1. The molecule has 1 aromatic rings. The number of benzene rings is 1. The van der Waals surface area contributed by atoms with Crippen LogP contribution in [0.4, 0.5) is 0 Å². The molecule has 1 aromatic carbocycles. The minimum atomic E-state index is -0.640. The summed E-state index contributed by atoms with van der Waals surface area (Å²) in [6.07, 6.45) is 2.35. The van der Waals surface area contributed by atoms with E-state index in [0.717, 1.165) is 42.3 Å². The first kappa shape index (κ1) is 12.3. The number of hydrogen-bond donors (Lipinski definition) is 1. The largest absolute Gasteiger partial charge is 0.493 e. The normalized spacial score (nSPS) is 27.3. The second-order valence-corrected chi connectivity index (χ2v) is 5.98. The van der Waals surface area contributed by atoms with Gasteiger partial charge in [0.05, 0.1) is 12.2 Å². The van der Waals surface area contributed by atoms with Crippen molar-refractivity contribution in [1.29, 1.82) is 0 Å². The Hall–Kier alpha value is -0.770. The molecular formula is C14H18ClNO2. The Bertz CT molecular complexity index is 477. The van der Waals surface area contributed by atoms with Gasteiger partial charge >= 0.3 is 0 Å². The van der Waals surface area contributed by atoms with E-state index in [-0.39, 0.29) is 0 Å². The zero-order valence-corrected chi connectivity index (χ0v) is 11.3. The van der Waals surface area contributed by atoms with Crippen LogP contribution in [0, 0.1) is 0 Å². The molecule has 3 nitrogen and oxygen atoms in total. The molecule has 4 heteroatoms. The number of β-amino-alcohol motifs (C(OH)–C–C–N with tert-alkyl or cyclic N) is 1. The molecule has 1 saturated heterocycles. The maximum Gasteiger partial charge on any atom is 0.126 e. The van der Waals surface area contributed by atoms with Gasteiger partial charge in [-0.3, -0.25) is 0 Å². The summed E-state index contributed by atoms with van der Waals surface area (Å²) in [5.41, 5.74) is 1.58. The van der Waals surface area contributed by atoms with Gasteiger partial charge < -0.3 is 14.7 Å².